The van der Waals surface area contributed by atoms with E-state index in [0.717, 1.165) is 0 Å². The molecule has 1 rings (SSSR count). The van der Waals surface area contributed by atoms with Crippen LogP contribution in [0, 0.1) is 0 Å². The third kappa shape index (κ3) is 0.835. The van der Waals surface area contributed by atoms with Crippen LogP contribution in [0.4, 0.5) is 5.82 Å². The van der Waals surface area contributed by atoms with Gasteiger partial charge in [-0.2, -0.15) is 5.10 Å². The molecule has 0 radical (unpaired) electrons. The Morgan fingerprint density at radius 3 is 2.60 bits per heavy atom. The SMILES string of the molecule is N[NH+]=C(N)c1nonc1N. The van der Waals surface area contributed by atoms with Crippen molar-refractivity contribution in [3.05, 3.63) is 5.69 Å². The van der Waals surface area contributed by atoms with Crippen molar-refractivity contribution in [1.82, 2.24) is 10.3 Å². The van der Waals surface area contributed by atoms with Gasteiger partial charge in [0, 0.05) is 0 Å². The fourth-order valence-corrected chi connectivity index (χ4v) is 0.451. The van der Waals surface area contributed by atoms with Crippen LogP contribution in [0.25, 0.3) is 0 Å². The lowest BCUT2D eigenvalue weighted by molar-refractivity contribution is -0.469. The lowest BCUT2D eigenvalue weighted by Gasteiger charge is -1.82. The summed E-state index contributed by atoms with van der Waals surface area (Å²) in [6, 6.07) is 0. The molecule has 0 aromatic carbocycles. The van der Waals surface area contributed by atoms with E-state index in [0.29, 0.717) is 0 Å². The van der Waals surface area contributed by atoms with Gasteiger partial charge in [0.05, 0.1) is 0 Å². The van der Waals surface area contributed by atoms with Crippen LogP contribution >= 0.6 is 0 Å². The third-order valence-electron chi connectivity index (χ3n) is 0.925. The van der Waals surface area contributed by atoms with E-state index in [9.17, 15) is 0 Å². The van der Waals surface area contributed by atoms with Gasteiger partial charge >= 0.3 is 5.84 Å². The minimum absolute atomic E-state index is 0.107. The number of hydrazone groups is 1. The van der Waals surface area contributed by atoms with Crippen molar-refractivity contribution in [2.24, 2.45) is 11.6 Å². The van der Waals surface area contributed by atoms with E-state index in [1.54, 1.807) is 0 Å². The van der Waals surface area contributed by atoms with Crippen LogP contribution in [0.1, 0.15) is 5.69 Å². The molecule has 7 heteroatoms. The van der Waals surface area contributed by atoms with Crippen LogP contribution in [0.2, 0.25) is 0 Å². The number of nitrogen functional groups attached to an aromatic ring is 2. The van der Waals surface area contributed by atoms with Gasteiger partial charge in [0.1, 0.15) is 0 Å². The van der Waals surface area contributed by atoms with Crippen LogP contribution in [0.3, 0.4) is 0 Å². The number of hydrogen-bond donors (Lipinski definition) is 4. The number of aromatic nitrogens is 2. The molecule has 0 spiro atoms. The topological polar surface area (TPSA) is 131 Å². The van der Waals surface area contributed by atoms with E-state index in [4.69, 9.17) is 17.3 Å². The molecule has 7 nitrogen and oxygen atoms in total. The summed E-state index contributed by atoms with van der Waals surface area (Å²) in [5.41, 5.74) is 10.8. The second-order valence-corrected chi connectivity index (χ2v) is 1.56. The monoisotopic (exact) mass is 143 g/mol. The van der Waals surface area contributed by atoms with Gasteiger partial charge in [-0.1, -0.05) is 0 Å². The summed E-state index contributed by atoms with van der Waals surface area (Å²) in [4.78, 5) is 0. The molecule has 0 aliphatic rings. The summed E-state index contributed by atoms with van der Waals surface area (Å²) < 4.78 is 4.25. The molecule has 0 aliphatic carbocycles. The van der Waals surface area contributed by atoms with E-state index in [1.807, 2.05) is 0 Å². The maximum Gasteiger partial charge on any atom is 0.322 e. The van der Waals surface area contributed by atoms with Crippen LogP contribution in [-0.2, 0) is 0 Å². The predicted octanol–water partition coefficient (Wildman–Crippen LogP) is -3.69. The normalized spacial score (nSPS) is 11.8. The maximum absolute atomic E-state index is 5.28. The Balaban J connectivity index is 3.05. The van der Waals surface area contributed by atoms with Gasteiger partial charge in [-0.15, -0.1) is 0 Å². The van der Waals surface area contributed by atoms with E-state index in [1.165, 1.54) is 0 Å². The standard InChI is InChI=1S/C3H6N6O/c4-2(7-6)1-3(5)9-10-8-1/h6H2,(H2,4,7)(H2,5,9)/p+1. The number of anilines is 1. The summed E-state index contributed by atoms with van der Waals surface area (Å²) in [5.74, 6) is 5.19. The minimum atomic E-state index is 0.107. The van der Waals surface area contributed by atoms with E-state index in [2.05, 4.69) is 20.0 Å². The number of hydrogen-bond acceptors (Lipinski definition) is 5. The number of nitrogens with one attached hydrogen (secondary N) is 1. The Bertz CT molecular complexity index is 251. The molecule has 10 heavy (non-hydrogen) atoms. The van der Waals surface area contributed by atoms with Gasteiger partial charge in [-0.25, -0.2) is 4.63 Å². The Labute approximate surface area is 55.8 Å². The van der Waals surface area contributed by atoms with Crippen LogP contribution < -0.4 is 22.4 Å². The van der Waals surface area contributed by atoms with Crippen LogP contribution in [-0.4, -0.2) is 16.1 Å². The number of nitrogens with zero attached hydrogens (tertiary/aromatic N) is 2. The number of nitrogens with two attached hydrogens (primary N) is 3. The van der Waals surface area contributed by atoms with Crippen LogP contribution in [0.5, 0.6) is 0 Å². The van der Waals surface area contributed by atoms with Crippen molar-refractivity contribution < 1.29 is 9.73 Å². The second-order valence-electron chi connectivity index (χ2n) is 1.56. The van der Waals surface area contributed by atoms with Crippen molar-refractivity contribution in [3.8, 4) is 0 Å². The average Bonchev–Trinajstić information content (AvgIpc) is 2.34. The van der Waals surface area contributed by atoms with E-state index < -0.39 is 0 Å². The van der Waals surface area contributed by atoms with Gasteiger partial charge in [0.15, 0.2) is 0 Å². The largest absolute Gasteiger partial charge is 0.379 e. The Kier molecular flexibility index (Phi) is 1.40. The Morgan fingerprint density at radius 1 is 1.50 bits per heavy atom. The predicted molar refractivity (Wildman–Crippen MR) is 32.2 cm³/mol. The molecule has 0 atom stereocenters. The van der Waals surface area contributed by atoms with E-state index >= 15 is 0 Å². The molecule has 0 amide bonds. The highest BCUT2D eigenvalue weighted by Crippen LogP contribution is 1.99. The lowest BCUT2D eigenvalue weighted by Crippen LogP contribution is -2.82. The van der Waals surface area contributed by atoms with Crippen molar-refractivity contribution in [2.45, 2.75) is 0 Å². The lowest BCUT2D eigenvalue weighted by atomic mass is 10.4. The summed E-state index contributed by atoms with van der Waals surface area (Å²) in [5, 5.41) is 8.81. The summed E-state index contributed by atoms with van der Waals surface area (Å²) in [7, 11) is 0. The first kappa shape index (κ1) is 6.33. The quantitative estimate of drug-likeness (QED) is 0.138. The highest BCUT2D eigenvalue weighted by atomic mass is 16.6. The molecule has 0 saturated heterocycles. The van der Waals surface area contributed by atoms with Gasteiger partial charge in [-0.3, -0.25) is 11.6 Å². The van der Waals surface area contributed by atoms with Crippen molar-refractivity contribution in [1.29, 1.82) is 0 Å². The molecule has 0 fully saturated rings. The number of hydrazine groups is 1. The van der Waals surface area contributed by atoms with E-state index in [-0.39, 0.29) is 17.3 Å². The molecule has 1 aromatic heterocycles. The summed E-state index contributed by atoms with van der Waals surface area (Å²) >= 11 is 0. The van der Waals surface area contributed by atoms with Crippen LogP contribution in [0.15, 0.2) is 4.63 Å². The zero-order valence-electron chi connectivity index (χ0n) is 5.03. The summed E-state index contributed by atoms with van der Waals surface area (Å²) in [6.45, 7) is 0. The molecular weight excluding hydrogens is 136 g/mol. The maximum atomic E-state index is 5.28. The van der Waals surface area contributed by atoms with Crippen molar-refractivity contribution in [2.75, 3.05) is 5.73 Å². The molecular formula is C3H7N6O+. The molecule has 0 aliphatic heterocycles. The first-order valence-corrected chi connectivity index (χ1v) is 2.43. The zero-order chi connectivity index (χ0) is 7.56. The highest BCUT2D eigenvalue weighted by Gasteiger charge is 2.14. The molecule has 0 saturated carbocycles. The van der Waals surface area contributed by atoms with Crippen molar-refractivity contribution >= 4 is 11.7 Å². The fourth-order valence-electron chi connectivity index (χ4n) is 0.451. The zero-order valence-corrected chi connectivity index (χ0v) is 5.03. The van der Waals surface area contributed by atoms with Gasteiger partial charge in [0.25, 0.3) is 0 Å². The Morgan fingerprint density at radius 2 is 2.20 bits per heavy atom. The molecule has 1 aromatic rings. The number of rotatable bonds is 1. The van der Waals surface area contributed by atoms with Crippen molar-refractivity contribution in [3.63, 3.8) is 0 Å². The Hall–Kier alpha value is -1.79. The molecule has 0 bridgehead atoms. The minimum Gasteiger partial charge on any atom is -0.379 e. The highest BCUT2D eigenvalue weighted by molar-refractivity contribution is 5.94. The smallest absolute Gasteiger partial charge is 0.322 e. The molecule has 0 unspecified atom stereocenters. The first-order valence-electron chi connectivity index (χ1n) is 2.43. The molecule has 54 valence electrons. The number of amidine groups is 1. The third-order valence-corrected chi connectivity index (χ3v) is 0.925. The van der Waals surface area contributed by atoms with Gasteiger partial charge in [0.2, 0.25) is 11.5 Å². The summed E-state index contributed by atoms with van der Waals surface area (Å²) in [6.07, 6.45) is 0. The fraction of sp³-hybridized carbons (Fsp3) is 0. The average molecular weight is 143 g/mol. The van der Waals surface area contributed by atoms with Gasteiger partial charge in [-0.05, 0) is 10.3 Å². The molecule has 7 N–H and O–H groups in total. The molecule has 1 heterocycles. The first-order chi connectivity index (χ1) is 4.75. The second kappa shape index (κ2) is 2.21. The van der Waals surface area contributed by atoms with Gasteiger partial charge < -0.3 is 5.73 Å².